The number of carbonyl (C=O) groups is 1. The fourth-order valence-corrected chi connectivity index (χ4v) is 3.93. The van der Waals surface area contributed by atoms with Crippen LogP contribution in [0, 0.1) is 0 Å². The second-order valence-electron chi connectivity index (χ2n) is 6.42. The molecule has 0 unspecified atom stereocenters. The fraction of sp³-hybridized carbons (Fsp3) is 0.400. The molecule has 2 heterocycles. The summed E-state index contributed by atoms with van der Waals surface area (Å²) in [5.41, 5.74) is 2.01. The molecule has 154 valence electrons. The lowest BCUT2D eigenvalue weighted by Crippen LogP contribution is -2.29. The van der Waals surface area contributed by atoms with E-state index in [1.807, 2.05) is 29.1 Å². The Kier molecular flexibility index (Phi) is 8.18. The van der Waals surface area contributed by atoms with Crippen molar-refractivity contribution < 1.29 is 4.79 Å². The van der Waals surface area contributed by atoms with Crippen LogP contribution in [0.15, 0.2) is 41.7 Å². The second-order valence-corrected chi connectivity index (χ2v) is 8.18. The van der Waals surface area contributed by atoms with Crippen LogP contribution in [0.3, 0.4) is 0 Å². The third kappa shape index (κ3) is 6.11. The van der Waals surface area contributed by atoms with Gasteiger partial charge in [0.2, 0.25) is 5.91 Å². The minimum atomic E-state index is 0.0344. The van der Waals surface area contributed by atoms with Gasteiger partial charge in [0.15, 0.2) is 10.8 Å². The Labute approximate surface area is 179 Å². The monoisotopic (exact) mass is 430 g/mol. The third-order valence-corrected chi connectivity index (χ3v) is 5.74. The van der Waals surface area contributed by atoms with Crippen LogP contribution in [0.1, 0.15) is 18.9 Å². The van der Waals surface area contributed by atoms with Gasteiger partial charge in [-0.15, -0.1) is 11.8 Å². The molecule has 0 fully saturated rings. The molecule has 29 heavy (non-hydrogen) atoms. The van der Waals surface area contributed by atoms with Crippen LogP contribution in [-0.4, -0.2) is 50.8 Å². The smallest absolute Gasteiger partial charge is 0.230 e. The van der Waals surface area contributed by atoms with Gasteiger partial charge in [0, 0.05) is 18.8 Å². The average Bonchev–Trinajstić information content (AvgIpc) is 3.15. The van der Waals surface area contributed by atoms with E-state index in [-0.39, 0.29) is 5.91 Å². The Morgan fingerprint density at radius 3 is 2.76 bits per heavy atom. The number of amides is 1. The van der Waals surface area contributed by atoms with E-state index < -0.39 is 0 Å². The molecule has 7 nitrogen and oxygen atoms in total. The summed E-state index contributed by atoms with van der Waals surface area (Å²) in [5.74, 6) is 2.12. The normalized spacial score (nSPS) is 11.0. The van der Waals surface area contributed by atoms with Crippen molar-refractivity contribution in [2.45, 2.75) is 30.8 Å². The highest BCUT2D eigenvalue weighted by Crippen LogP contribution is 2.23. The van der Waals surface area contributed by atoms with Crippen molar-refractivity contribution in [1.82, 2.24) is 25.1 Å². The van der Waals surface area contributed by atoms with E-state index >= 15 is 0 Å². The quantitative estimate of drug-likeness (QED) is 0.356. The molecule has 1 aromatic carbocycles. The molecule has 0 aliphatic heterocycles. The summed E-state index contributed by atoms with van der Waals surface area (Å²) >= 11 is 3.12. The number of fused-ring (bicyclic) bond motifs is 1. The first-order valence-corrected chi connectivity index (χ1v) is 12.0. The number of rotatable bonds is 11. The van der Waals surface area contributed by atoms with Crippen LogP contribution < -0.4 is 10.6 Å². The Hall–Kier alpha value is -2.26. The Bertz CT molecular complexity index is 931. The van der Waals surface area contributed by atoms with Crippen molar-refractivity contribution in [3.05, 3.63) is 42.1 Å². The van der Waals surface area contributed by atoms with Crippen LogP contribution in [0.4, 0.5) is 5.82 Å². The van der Waals surface area contributed by atoms with Crippen LogP contribution in [-0.2, 0) is 17.1 Å². The highest BCUT2D eigenvalue weighted by molar-refractivity contribution is 7.99. The fourth-order valence-electron chi connectivity index (χ4n) is 2.76. The lowest BCUT2D eigenvalue weighted by molar-refractivity contribution is -0.118. The van der Waals surface area contributed by atoms with E-state index in [4.69, 9.17) is 0 Å². The molecule has 2 aromatic heterocycles. The van der Waals surface area contributed by atoms with Crippen molar-refractivity contribution in [3.63, 3.8) is 0 Å². The summed E-state index contributed by atoms with van der Waals surface area (Å²) in [6.07, 6.45) is 4.76. The van der Waals surface area contributed by atoms with Gasteiger partial charge in [0.1, 0.15) is 5.82 Å². The van der Waals surface area contributed by atoms with E-state index in [0.29, 0.717) is 24.0 Å². The lowest BCUT2D eigenvalue weighted by atomic mass is 10.2. The van der Waals surface area contributed by atoms with E-state index in [9.17, 15) is 4.79 Å². The van der Waals surface area contributed by atoms with Gasteiger partial charge in [-0.05, 0) is 18.2 Å². The molecule has 1 amide bonds. The minimum Gasteiger partial charge on any atom is -0.369 e. The number of hydrogen-bond acceptors (Lipinski definition) is 7. The highest BCUT2D eigenvalue weighted by atomic mass is 32.2. The molecule has 0 aliphatic carbocycles. The molecule has 3 rings (SSSR count). The molecule has 0 spiro atoms. The largest absolute Gasteiger partial charge is 0.369 e. The molecule has 2 N–H and O–H groups in total. The lowest BCUT2D eigenvalue weighted by Gasteiger charge is -2.09. The predicted molar refractivity (Wildman–Crippen MR) is 121 cm³/mol. The molecule has 0 aliphatic rings. The SMILES string of the molecule is CCCNc1nc(SC)nc2c1cnn2CCNC(=O)CSCc1ccccc1. The summed E-state index contributed by atoms with van der Waals surface area (Å²) in [5, 5.41) is 12.4. The summed E-state index contributed by atoms with van der Waals surface area (Å²) in [6.45, 7) is 4.04. The van der Waals surface area contributed by atoms with Crippen molar-refractivity contribution >= 4 is 46.3 Å². The van der Waals surface area contributed by atoms with E-state index in [0.717, 1.165) is 35.6 Å². The summed E-state index contributed by atoms with van der Waals surface area (Å²) < 4.78 is 1.82. The van der Waals surface area contributed by atoms with Crippen molar-refractivity contribution in [3.8, 4) is 0 Å². The first-order valence-electron chi connectivity index (χ1n) is 9.61. The molecule has 3 aromatic rings. The van der Waals surface area contributed by atoms with Gasteiger partial charge in [0.25, 0.3) is 0 Å². The molecule has 0 saturated heterocycles. The summed E-state index contributed by atoms with van der Waals surface area (Å²) in [4.78, 5) is 21.2. The Balaban J connectivity index is 1.53. The maximum atomic E-state index is 12.1. The van der Waals surface area contributed by atoms with E-state index in [2.05, 4.69) is 44.8 Å². The zero-order chi connectivity index (χ0) is 20.5. The van der Waals surface area contributed by atoms with Gasteiger partial charge in [-0.1, -0.05) is 49.0 Å². The molecule has 0 atom stereocenters. The number of nitrogens with one attached hydrogen (secondary N) is 2. The standard InChI is InChI=1S/C20H26N6OS2/c1-3-9-22-18-16-12-23-26(19(16)25-20(24-18)28-2)11-10-21-17(27)14-29-13-15-7-5-4-6-8-15/h4-8,12H,3,9-11,13-14H2,1-2H3,(H,21,27)(H,22,24,25). The second kappa shape index (κ2) is 11.1. The predicted octanol–water partition coefficient (Wildman–Crippen LogP) is 3.42. The molecular weight excluding hydrogens is 404 g/mol. The van der Waals surface area contributed by atoms with Gasteiger partial charge in [-0.2, -0.15) is 5.10 Å². The van der Waals surface area contributed by atoms with Crippen molar-refractivity contribution in [2.24, 2.45) is 0 Å². The minimum absolute atomic E-state index is 0.0344. The molecule has 0 saturated carbocycles. The molecule has 0 radical (unpaired) electrons. The number of thioether (sulfide) groups is 2. The van der Waals surface area contributed by atoms with E-state index in [1.165, 1.54) is 17.3 Å². The first kappa shape index (κ1) is 21.4. The third-order valence-electron chi connectivity index (χ3n) is 4.19. The number of nitrogens with zero attached hydrogens (tertiary/aromatic N) is 4. The number of aromatic nitrogens is 4. The highest BCUT2D eigenvalue weighted by Gasteiger charge is 2.12. The number of carbonyl (C=O) groups excluding carboxylic acids is 1. The molecular formula is C20H26N6OS2. The van der Waals surface area contributed by atoms with Crippen LogP contribution in [0.2, 0.25) is 0 Å². The molecule has 9 heteroatoms. The van der Waals surface area contributed by atoms with Gasteiger partial charge in [-0.3, -0.25) is 4.79 Å². The van der Waals surface area contributed by atoms with Crippen LogP contribution >= 0.6 is 23.5 Å². The average molecular weight is 431 g/mol. The van der Waals surface area contributed by atoms with Gasteiger partial charge < -0.3 is 10.6 Å². The van der Waals surface area contributed by atoms with Crippen LogP contribution in [0.25, 0.3) is 11.0 Å². The number of benzene rings is 1. The zero-order valence-electron chi connectivity index (χ0n) is 16.7. The topological polar surface area (TPSA) is 84.7 Å². The Morgan fingerprint density at radius 1 is 1.17 bits per heavy atom. The summed E-state index contributed by atoms with van der Waals surface area (Å²) in [7, 11) is 0. The first-order chi connectivity index (χ1) is 14.2. The summed E-state index contributed by atoms with van der Waals surface area (Å²) in [6, 6.07) is 10.2. The Morgan fingerprint density at radius 2 is 2.00 bits per heavy atom. The zero-order valence-corrected chi connectivity index (χ0v) is 18.4. The number of hydrogen-bond donors (Lipinski definition) is 2. The van der Waals surface area contributed by atoms with Gasteiger partial charge >= 0.3 is 0 Å². The van der Waals surface area contributed by atoms with Crippen molar-refractivity contribution in [2.75, 3.05) is 30.4 Å². The maximum Gasteiger partial charge on any atom is 0.230 e. The number of anilines is 1. The van der Waals surface area contributed by atoms with Crippen molar-refractivity contribution in [1.29, 1.82) is 0 Å². The van der Waals surface area contributed by atoms with Gasteiger partial charge in [0.05, 0.1) is 23.9 Å². The van der Waals surface area contributed by atoms with E-state index in [1.54, 1.807) is 18.0 Å². The van der Waals surface area contributed by atoms with Gasteiger partial charge in [-0.25, -0.2) is 14.6 Å². The maximum absolute atomic E-state index is 12.1. The van der Waals surface area contributed by atoms with Crippen LogP contribution in [0.5, 0.6) is 0 Å². The molecule has 0 bridgehead atoms.